The molecule has 3 N–H and O–H groups in total. The normalized spacial score (nSPS) is 12.2. The molecule has 0 fully saturated rings. The molecule has 0 spiro atoms. The molecular weight excluding hydrogens is 262 g/mol. The Hall–Kier alpha value is -1.91. The van der Waals surface area contributed by atoms with Gasteiger partial charge in [0.05, 0.1) is 18.8 Å². The minimum absolute atomic E-state index is 0.0627. The van der Waals surface area contributed by atoms with E-state index in [9.17, 15) is 0 Å². The van der Waals surface area contributed by atoms with Crippen molar-refractivity contribution in [3.8, 4) is 5.75 Å². The molecule has 1 aromatic carbocycles. The average Bonchev–Trinajstić information content (AvgIpc) is 2.50. The largest absolute Gasteiger partial charge is 0.497 e. The molecule has 0 aliphatic heterocycles. The van der Waals surface area contributed by atoms with E-state index in [1.807, 2.05) is 25.3 Å². The van der Waals surface area contributed by atoms with Crippen molar-refractivity contribution in [2.45, 2.75) is 32.7 Å². The Morgan fingerprint density at radius 1 is 1.24 bits per heavy atom. The molecule has 1 unspecified atom stereocenters. The molecule has 0 saturated carbocycles. The molecule has 1 atom stereocenters. The third-order valence-electron chi connectivity index (χ3n) is 3.67. The van der Waals surface area contributed by atoms with Gasteiger partial charge in [0.2, 0.25) is 0 Å². The molecule has 21 heavy (non-hydrogen) atoms. The van der Waals surface area contributed by atoms with Crippen molar-refractivity contribution >= 4 is 0 Å². The first-order chi connectivity index (χ1) is 10.1. The molecule has 112 valence electrons. The quantitative estimate of drug-likeness (QED) is 0.633. The van der Waals surface area contributed by atoms with E-state index in [0.29, 0.717) is 0 Å². The molecule has 0 saturated heterocycles. The number of aromatic nitrogens is 1. The lowest BCUT2D eigenvalue weighted by Crippen LogP contribution is -2.29. The molecule has 0 bridgehead atoms. The number of hydrazine groups is 1. The second-order valence-corrected chi connectivity index (χ2v) is 5.32. The van der Waals surface area contributed by atoms with Crippen LogP contribution in [-0.4, -0.2) is 12.1 Å². The molecular formula is C17H23N3O. The number of methoxy groups -OCH3 is 1. The van der Waals surface area contributed by atoms with Gasteiger partial charge in [0.15, 0.2) is 0 Å². The molecule has 2 aromatic rings. The summed E-state index contributed by atoms with van der Waals surface area (Å²) in [6.45, 7) is 4.12. The van der Waals surface area contributed by atoms with E-state index in [1.54, 1.807) is 7.11 Å². The zero-order chi connectivity index (χ0) is 15.2. The lowest BCUT2D eigenvalue weighted by molar-refractivity contribution is 0.414. The summed E-state index contributed by atoms with van der Waals surface area (Å²) in [6, 6.07) is 10.3. The molecule has 0 aliphatic carbocycles. The Morgan fingerprint density at radius 3 is 2.52 bits per heavy atom. The van der Waals surface area contributed by atoms with Gasteiger partial charge < -0.3 is 4.74 Å². The summed E-state index contributed by atoms with van der Waals surface area (Å²) in [5.74, 6) is 6.59. The number of ether oxygens (including phenoxy) is 1. The summed E-state index contributed by atoms with van der Waals surface area (Å²) >= 11 is 0. The number of aryl methyl sites for hydroxylation is 3. The van der Waals surface area contributed by atoms with Gasteiger partial charge in [0.25, 0.3) is 0 Å². The van der Waals surface area contributed by atoms with Crippen molar-refractivity contribution in [3.63, 3.8) is 0 Å². The second kappa shape index (κ2) is 7.20. The van der Waals surface area contributed by atoms with Crippen LogP contribution in [0.15, 0.2) is 36.5 Å². The molecule has 4 heteroatoms. The van der Waals surface area contributed by atoms with Gasteiger partial charge in [0.1, 0.15) is 5.75 Å². The number of nitrogens with two attached hydrogens (primary N) is 1. The Kier molecular flexibility index (Phi) is 5.31. The number of hydrogen-bond acceptors (Lipinski definition) is 4. The van der Waals surface area contributed by atoms with Gasteiger partial charge in [-0.2, -0.15) is 0 Å². The summed E-state index contributed by atoms with van der Waals surface area (Å²) in [5.41, 5.74) is 7.52. The molecule has 2 rings (SSSR count). The molecule has 0 aliphatic rings. The van der Waals surface area contributed by atoms with E-state index < -0.39 is 0 Å². The van der Waals surface area contributed by atoms with Crippen LogP contribution in [0.2, 0.25) is 0 Å². The van der Waals surface area contributed by atoms with Gasteiger partial charge in [-0.15, -0.1) is 0 Å². The van der Waals surface area contributed by atoms with Crippen molar-refractivity contribution < 1.29 is 4.74 Å². The monoisotopic (exact) mass is 285 g/mol. The smallest absolute Gasteiger partial charge is 0.118 e. The number of hydrogen-bond donors (Lipinski definition) is 2. The molecule has 0 radical (unpaired) electrons. The minimum Gasteiger partial charge on any atom is -0.497 e. The van der Waals surface area contributed by atoms with E-state index in [4.69, 9.17) is 10.6 Å². The van der Waals surface area contributed by atoms with Gasteiger partial charge in [-0.1, -0.05) is 18.2 Å². The molecule has 1 heterocycles. The molecule has 4 nitrogen and oxygen atoms in total. The topological polar surface area (TPSA) is 60.2 Å². The second-order valence-electron chi connectivity index (χ2n) is 5.32. The van der Waals surface area contributed by atoms with E-state index >= 15 is 0 Å². The number of nitrogens with zero attached hydrogens (tertiary/aromatic N) is 1. The highest BCUT2D eigenvalue weighted by atomic mass is 16.5. The number of rotatable bonds is 6. The maximum absolute atomic E-state index is 5.71. The first-order valence-corrected chi connectivity index (χ1v) is 7.16. The Bertz CT molecular complexity index is 581. The van der Waals surface area contributed by atoms with Crippen LogP contribution in [0, 0.1) is 13.8 Å². The summed E-state index contributed by atoms with van der Waals surface area (Å²) in [7, 11) is 1.68. The summed E-state index contributed by atoms with van der Waals surface area (Å²) < 4.78 is 5.17. The van der Waals surface area contributed by atoms with E-state index in [0.717, 1.165) is 24.3 Å². The van der Waals surface area contributed by atoms with Crippen LogP contribution in [0.25, 0.3) is 0 Å². The van der Waals surface area contributed by atoms with E-state index in [1.165, 1.54) is 16.7 Å². The van der Waals surface area contributed by atoms with Gasteiger partial charge in [-0.25, -0.2) is 0 Å². The highest BCUT2D eigenvalue weighted by Gasteiger charge is 2.14. The zero-order valence-corrected chi connectivity index (χ0v) is 12.9. The standard InChI is InChI=1S/C17H23N3O/c1-12-10-13(2)17(19-11-12)16(20-18)9-6-14-4-7-15(21-3)8-5-14/h4-5,7-8,10-11,16,20H,6,9,18H2,1-3H3. The maximum atomic E-state index is 5.71. The Labute approximate surface area is 126 Å². The van der Waals surface area contributed by atoms with E-state index in [-0.39, 0.29) is 6.04 Å². The van der Waals surface area contributed by atoms with Crippen molar-refractivity contribution in [3.05, 3.63) is 58.9 Å². The lowest BCUT2D eigenvalue weighted by atomic mass is 10.00. The van der Waals surface area contributed by atoms with Crippen molar-refractivity contribution in [2.24, 2.45) is 5.84 Å². The highest BCUT2D eigenvalue weighted by molar-refractivity contribution is 5.28. The van der Waals surface area contributed by atoms with Gasteiger partial charge in [-0.05, 0) is 55.5 Å². The van der Waals surface area contributed by atoms with Crippen molar-refractivity contribution in [1.82, 2.24) is 10.4 Å². The van der Waals surface area contributed by atoms with Crippen molar-refractivity contribution in [1.29, 1.82) is 0 Å². The average molecular weight is 285 g/mol. The van der Waals surface area contributed by atoms with Crippen LogP contribution in [-0.2, 0) is 6.42 Å². The summed E-state index contributed by atoms with van der Waals surface area (Å²) in [5, 5.41) is 0. The highest BCUT2D eigenvalue weighted by Crippen LogP contribution is 2.21. The number of nitrogens with one attached hydrogen (secondary N) is 1. The Morgan fingerprint density at radius 2 is 1.95 bits per heavy atom. The lowest BCUT2D eigenvalue weighted by Gasteiger charge is -2.18. The van der Waals surface area contributed by atoms with Crippen LogP contribution in [0.3, 0.4) is 0 Å². The predicted molar refractivity (Wildman–Crippen MR) is 85.1 cm³/mol. The van der Waals surface area contributed by atoms with Crippen molar-refractivity contribution in [2.75, 3.05) is 7.11 Å². The first kappa shape index (κ1) is 15.5. The number of benzene rings is 1. The fourth-order valence-corrected chi connectivity index (χ4v) is 2.49. The summed E-state index contributed by atoms with van der Waals surface area (Å²) in [4.78, 5) is 4.53. The minimum atomic E-state index is 0.0627. The van der Waals surface area contributed by atoms with Gasteiger partial charge in [-0.3, -0.25) is 16.3 Å². The van der Waals surface area contributed by atoms with E-state index in [2.05, 4.69) is 35.5 Å². The molecule has 1 aromatic heterocycles. The third-order valence-corrected chi connectivity index (χ3v) is 3.67. The fourth-order valence-electron chi connectivity index (χ4n) is 2.49. The van der Waals surface area contributed by atoms with Crippen LogP contribution in [0.5, 0.6) is 5.75 Å². The zero-order valence-electron chi connectivity index (χ0n) is 12.9. The van der Waals surface area contributed by atoms with Crippen LogP contribution < -0.4 is 16.0 Å². The molecule has 0 amide bonds. The maximum Gasteiger partial charge on any atom is 0.118 e. The van der Waals surface area contributed by atoms with Crippen LogP contribution in [0.4, 0.5) is 0 Å². The summed E-state index contributed by atoms with van der Waals surface area (Å²) in [6.07, 6.45) is 3.73. The fraction of sp³-hybridized carbons (Fsp3) is 0.353. The number of pyridine rings is 1. The Balaban J connectivity index is 2.04. The van der Waals surface area contributed by atoms with Gasteiger partial charge in [0, 0.05) is 6.20 Å². The van der Waals surface area contributed by atoms with Crippen LogP contribution >= 0.6 is 0 Å². The predicted octanol–water partition coefficient (Wildman–Crippen LogP) is 2.84. The van der Waals surface area contributed by atoms with Gasteiger partial charge >= 0.3 is 0 Å². The SMILES string of the molecule is COc1ccc(CCC(NN)c2ncc(C)cc2C)cc1. The van der Waals surface area contributed by atoms with Crippen LogP contribution in [0.1, 0.15) is 34.8 Å². The third kappa shape index (κ3) is 4.03. The first-order valence-electron chi connectivity index (χ1n) is 7.16.